The van der Waals surface area contributed by atoms with Gasteiger partial charge in [0.05, 0.1) is 9.49 Å². The van der Waals surface area contributed by atoms with Crippen molar-refractivity contribution in [3.8, 4) is 5.75 Å². The Morgan fingerprint density at radius 1 is 1.03 bits per heavy atom. The summed E-state index contributed by atoms with van der Waals surface area (Å²) < 4.78 is 13.4. The molecule has 2 saturated carbocycles. The molecule has 2 bridgehead atoms. The van der Waals surface area contributed by atoms with E-state index < -0.39 is 5.97 Å². The van der Waals surface area contributed by atoms with Crippen LogP contribution < -0.4 is 0 Å². The zero-order chi connectivity index (χ0) is 24.3. The summed E-state index contributed by atoms with van der Waals surface area (Å²) >= 11 is 4.13. The van der Waals surface area contributed by atoms with Gasteiger partial charge in [0.1, 0.15) is 23.5 Å². The Bertz CT molecular complexity index is 944. The number of phenols is 1. The summed E-state index contributed by atoms with van der Waals surface area (Å²) in [6.45, 7) is 8.79. The topological polar surface area (TPSA) is 76.1 Å². The largest absolute Gasteiger partial charge is 0.506 e. The van der Waals surface area contributed by atoms with Crippen molar-refractivity contribution in [2.24, 2.45) is 17.8 Å². The number of benzene rings is 1. The van der Waals surface area contributed by atoms with Gasteiger partial charge in [-0.25, -0.2) is 4.79 Å². The van der Waals surface area contributed by atoms with Crippen LogP contribution in [0.4, 0.5) is 0 Å². The Hall–Kier alpha value is -0.620. The molecule has 1 aromatic carbocycles. The molecule has 3 fully saturated rings. The summed E-state index contributed by atoms with van der Waals surface area (Å²) in [6.07, 6.45) is 3.67. The molecule has 3 aliphatic rings. The highest BCUT2D eigenvalue weighted by Gasteiger charge is 2.52. The fourth-order valence-electron chi connectivity index (χ4n) is 6.23. The molecule has 0 aromatic heterocycles. The van der Waals surface area contributed by atoms with Crippen LogP contribution in [0.15, 0.2) is 12.1 Å². The molecule has 0 amide bonds. The molecule has 1 N–H and O–H groups in total. The number of carbonyl (C=O) groups excluding carboxylic acids is 2. The van der Waals surface area contributed by atoms with Crippen molar-refractivity contribution in [1.29, 1.82) is 0 Å². The molecule has 0 radical (unpaired) electrons. The molecule has 4 atom stereocenters. The minimum Gasteiger partial charge on any atom is -0.506 e. The minimum atomic E-state index is -0.521. The maximum absolute atomic E-state index is 13.2. The third kappa shape index (κ3) is 5.03. The first-order valence-electron chi connectivity index (χ1n) is 11.6. The lowest BCUT2D eigenvalue weighted by atomic mass is 9.78. The smallest absolute Gasteiger partial charge is 0.342 e. The number of rotatable bonds is 4. The number of piperidine rings is 1. The number of esters is 2. The standard InChI is InChI=1S/C25H33I2NO5/c1-24(2)11-15(12-25(3,4)28(24)5)32-22(30)17-7-13-6-16(17)20(8-13)33-23(31)18-9-14(26)10-19(27)21(18)29/h9-10,13,15-17,20,29H,6-8,11-12H2,1-5H3. The molecule has 0 spiro atoms. The molecule has 4 rings (SSSR count). The molecule has 8 heteroatoms. The molecule has 182 valence electrons. The number of ether oxygens (including phenoxy) is 2. The number of fused-ring (bicyclic) bond motifs is 2. The van der Waals surface area contributed by atoms with Gasteiger partial charge in [-0.15, -0.1) is 0 Å². The summed E-state index contributed by atoms with van der Waals surface area (Å²) in [7, 11) is 2.14. The maximum Gasteiger partial charge on any atom is 0.342 e. The number of hydrogen-bond donors (Lipinski definition) is 1. The van der Waals surface area contributed by atoms with Crippen molar-refractivity contribution in [1.82, 2.24) is 4.90 Å². The van der Waals surface area contributed by atoms with Gasteiger partial charge in [-0.1, -0.05) is 0 Å². The van der Waals surface area contributed by atoms with Crippen molar-refractivity contribution in [3.63, 3.8) is 0 Å². The second-order valence-electron chi connectivity index (χ2n) is 11.2. The van der Waals surface area contributed by atoms with Gasteiger partial charge >= 0.3 is 11.9 Å². The average molecular weight is 681 g/mol. The van der Waals surface area contributed by atoms with Crippen LogP contribution in [0.3, 0.4) is 0 Å². The third-order valence-corrected chi connectivity index (χ3v) is 9.56. The second kappa shape index (κ2) is 9.11. The number of aromatic hydroxyl groups is 1. The molecule has 1 aromatic rings. The average Bonchev–Trinajstić information content (AvgIpc) is 3.29. The molecule has 1 aliphatic heterocycles. The van der Waals surface area contributed by atoms with E-state index in [0.29, 0.717) is 9.49 Å². The van der Waals surface area contributed by atoms with Gasteiger partial charge in [-0.05, 0) is 117 Å². The molecule has 6 nitrogen and oxygen atoms in total. The number of halogens is 2. The van der Waals surface area contributed by atoms with E-state index in [4.69, 9.17) is 9.47 Å². The third-order valence-electron chi connectivity index (χ3n) is 8.12. The van der Waals surface area contributed by atoms with Crippen LogP contribution in [0.5, 0.6) is 5.75 Å². The van der Waals surface area contributed by atoms with Gasteiger partial charge in [-0.3, -0.25) is 9.69 Å². The van der Waals surface area contributed by atoms with E-state index in [-0.39, 0.29) is 52.4 Å². The van der Waals surface area contributed by atoms with E-state index in [9.17, 15) is 14.7 Å². The zero-order valence-electron chi connectivity index (χ0n) is 19.9. The molecule has 1 heterocycles. The van der Waals surface area contributed by atoms with Gasteiger partial charge in [-0.2, -0.15) is 0 Å². The number of nitrogens with zero attached hydrogens (tertiary/aromatic N) is 1. The van der Waals surface area contributed by atoms with Crippen molar-refractivity contribution in [3.05, 3.63) is 24.8 Å². The summed E-state index contributed by atoms with van der Waals surface area (Å²) in [6, 6.07) is 3.45. The Balaban J connectivity index is 1.42. The first-order chi connectivity index (χ1) is 15.3. The zero-order valence-corrected chi connectivity index (χ0v) is 24.2. The van der Waals surface area contributed by atoms with E-state index in [2.05, 4.69) is 62.2 Å². The summed E-state index contributed by atoms with van der Waals surface area (Å²) in [4.78, 5) is 28.5. The van der Waals surface area contributed by atoms with E-state index in [1.165, 1.54) is 0 Å². The van der Waals surface area contributed by atoms with Gasteiger partial charge in [0.2, 0.25) is 0 Å². The van der Waals surface area contributed by atoms with Gasteiger partial charge in [0, 0.05) is 33.4 Å². The fourth-order valence-corrected chi connectivity index (χ4v) is 8.07. The van der Waals surface area contributed by atoms with Crippen LogP contribution in [-0.4, -0.2) is 52.3 Å². The number of hydrogen-bond acceptors (Lipinski definition) is 6. The van der Waals surface area contributed by atoms with Gasteiger partial charge < -0.3 is 14.6 Å². The highest BCUT2D eigenvalue weighted by atomic mass is 127. The van der Waals surface area contributed by atoms with Crippen LogP contribution in [0.25, 0.3) is 0 Å². The van der Waals surface area contributed by atoms with Gasteiger partial charge in [0.25, 0.3) is 0 Å². The molecule has 1 saturated heterocycles. The quantitative estimate of drug-likeness (QED) is 0.341. The lowest BCUT2D eigenvalue weighted by Gasteiger charge is -2.53. The molecule has 2 aliphatic carbocycles. The lowest BCUT2D eigenvalue weighted by Crippen LogP contribution is -2.60. The number of carbonyl (C=O) groups is 2. The molecular formula is C25H33I2NO5. The Labute approximate surface area is 223 Å². The summed E-state index contributed by atoms with van der Waals surface area (Å²) in [5.41, 5.74) is 0.0854. The van der Waals surface area contributed by atoms with Crippen molar-refractivity contribution >= 4 is 57.1 Å². The molecular weight excluding hydrogens is 648 g/mol. The van der Waals surface area contributed by atoms with Crippen molar-refractivity contribution in [2.75, 3.05) is 7.05 Å². The molecule has 4 unspecified atom stereocenters. The van der Waals surface area contributed by atoms with Crippen LogP contribution >= 0.6 is 45.2 Å². The summed E-state index contributed by atoms with van der Waals surface area (Å²) in [5.74, 6) is -0.573. The predicted molar refractivity (Wildman–Crippen MR) is 142 cm³/mol. The Morgan fingerprint density at radius 2 is 1.67 bits per heavy atom. The molecule has 33 heavy (non-hydrogen) atoms. The van der Waals surface area contributed by atoms with Crippen LogP contribution in [-0.2, 0) is 14.3 Å². The first-order valence-corrected chi connectivity index (χ1v) is 13.8. The van der Waals surface area contributed by atoms with Crippen molar-refractivity contribution in [2.45, 2.75) is 83.1 Å². The SMILES string of the molecule is CN1C(C)(C)CC(OC(=O)C2CC3CC(OC(=O)c4cc(I)cc(I)c4O)C2C3)CC1(C)C. The van der Waals surface area contributed by atoms with E-state index in [1.54, 1.807) is 6.07 Å². The highest BCUT2D eigenvalue weighted by molar-refractivity contribution is 14.1. The Kier molecular flexibility index (Phi) is 7.03. The number of phenolic OH excluding ortho intramolecular Hbond substituents is 1. The van der Waals surface area contributed by atoms with E-state index in [0.717, 1.165) is 35.7 Å². The summed E-state index contributed by atoms with van der Waals surface area (Å²) in [5, 5.41) is 10.3. The van der Waals surface area contributed by atoms with E-state index >= 15 is 0 Å². The van der Waals surface area contributed by atoms with Crippen LogP contribution in [0.2, 0.25) is 0 Å². The minimum absolute atomic E-state index is 0.0114. The van der Waals surface area contributed by atoms with Crippen LogP contribution in [0.1, 0.15) is 70.2 Å². The maximum atomic E-state index is 13.2. The fraction of sp³-hybridized carbons (Fsp3) is 0.680. The van der Waals surface area contributed by atoms with E-state index in [1.807, 2.05) is 28.7 Å². The Morgan fingerprint density at radius 3 is 2.27 bits per heavy atom. The lowest BCUT2D eigenvalue weighted by molar-refractivity contribution is -0.167. The first kappa shape index (κ1) is 25.5. The second-order valence-corrected chi connectivity index (χ2v) is 13.6. The highest BCUT2D eigenvalue weighted by Crippen LogP contribution is 2.51. The van der Waals surface area contributed by atoms with Crippen molar-refractivity contribution < 1.29 is 24.2 Å². The van der Waals surface area contributed by atoms with Crippen LogP contribution in [0, 0.1) is 24.9 Å². The monoisotopic (exact) mass is 681 g/mol. The number of likely N-dealkylation sites (tertiary alicyclic amines) is 1. The predicted octanol–water partition coefficient (Wildman–Crippen LogP) is 5.37. The van der Waals surface area contributed by atoms with Gasteiger partial charge in [0.15, 0.2) is 0 Å². The normalized spacial score (nSPS) is 30.9.